The molecule has 0 saturated heterocycles. The summed E-state index contributed by atoms with van der Waals surface area (Å²) in [6.45, 7) is 0. The molecule has 244 valence electrons. The van der Waals surface area contributed by atoms with E-state index in [0.717, 1.165) is 35.3 Å². The number of aromatic nitrogens is 3. The van der Waals surface area contributed by atoms with Crippen molar-refractivity contribution in [3.63, 3.8) is 0 Å². The molecule has 0 radical (unpaired) electrons. The Bertz CT molecular complexity index is 2380. The summed E-state index contributed by atoms with van der Waals surface area (Å²) in [6, 6.07) is 53.9. The van der Waals surface area contributed by atoms with Gasteiger partial charge in [0.15, 0.2) is 17.5 Å². The third kappa shape index (κ3) is 5.26. The molecule has 0 bridgehead atoms. The highest BCUT2D eigenvalue weighted by Crippen LogP contribution is 2.57. The molecule has 0 spiro atoms. The molecular formula is C47H35N3O. The summed E-state index contributed by atoms with van der Waals surface area (Å²) in [6.07, 6.45) is 6.51. The fourth-order valence-electron chi connectivity index (χ4n) is 8.49. The van der Waals surface area contributed by atoms with Crippen LogP contribution >= 0.6 is 0 Å². The molecule has 4 heteroatoms. The first-order valence-corrected chi connectivity index (χ1v) is 17.9. The third-order valence-electron chi connectivity index (χ3n) is 10.9. The van der Waals surface area contributed by atoms with Crippen LogP contribution < -0.4 is 4.74 Å². The number of allylic oxidation sites excluding steroid dienone is 1. The van der Waals surface area contributed by atoms with Crippen molar-refractivity contribution in [3.05, 3.63) is 197 Å². The van der Waals surface area contributed by atoms with E-state index >= 15 is 0 Å². The highest BCUT2D eigenvalue weighted by atomic mass is 16.5. The van der Waals surface area contributed by atoms with E-state index in [1.54, 1.807) is 0 Å². The van der Waals surface area contributed by atoms with Gasteiger partial charge in [-0.05, 0) is 58.2 Å². The minimum absolute atomic E-state index is 0.0645. The highest BCUT2D eigenvalue weighted by molar-refractivity contribution is 5.69. The number of nitrogens with zero attached hydrogens (tertiary/aromatic N) is 3. The number of benzene rings is 6. The van der Waals surface area contributed by atoms with Gasteiger partial charge in [0.05, 0.1) is 0 Å². The van der Waals surface area contributed by atoms with E-state index < -0.39 is 0 Å². The largest absolute Gasteiger partial charge is 0.485 e. The maximum absolute atomic E-state index is 6.99. The molecule has 0 amide bonds. The van der Waals surface area contributed by atoms with Crippen molar-refractivity contribution in [2.24, 2.45) is 0 Å². The number of rotatable bonds is 5. The molecule has 2 aliphatic carbocycles. The first kappa shape index (κ1) is 29.8. The lowest BCUT2D eigenvalue weighted by atomic mass is 9.69. The molecule has 0 N–H and O–H groups in total. The number of hydrogen-bond donors (Lipinski definition) is 0. The van der Waals surface area contributed by atoms with Crippen LogP contribution in [-0.4, -0.2) is 15.0 Å². The van der Waals surface area contributed by atoms with Gasteiger partial charge in [-0.25, -0.2) is 15.0 Å². The molecule has 1 aliphatic heterocycles. The van der Waals surface area contributed by atoms with Crippen LogP contribution in [0.3, 0.4) is 0 Å². The van der Waals surface area contributed by atoms with E-state index in [1.807, 2.05) is 60.7 Å². The van der Waals surface area contributed by atoms with Gasteiger partial charge < -0.3 is 4.74 Å². The second-order valence-corrected chi connectivity index (χ2v) is 13.9. The van der Waals surface area contributed by atoms with Crippen molar-refractivity contribution in [2.45, 2.75) is 36.7 Å². The van der Waals surface area contributed by atoms with E-state index in [-0.39, 0.29) is 17.9 Å². The molecule has 4 nitrogen and oxygen atoms in total. The van der Waals surface area contributed by atoms with Gasteiger partial charge >= 0.3 is 0 Å². The molecule has 6 aromatic carbocycles. The Labute approximate surface area is 298 Å². The van der Waals surface area contributed by atoms with Gasteiger partial charge in [0.25, 0.3) is 0 Å². The summed E-state index contributed by atoms with van der Waals surface area (Å²) < 4.78 is 6.99. The molecule has 4 unspecified atom stereocenters. The normalized spacial score (nSPS) is 19.7. The molecular weight excluding hydrogens is 623 g/mol. The lowest BCUT2D eigenvalue weighted by Crippen LogP contribution is -2.26. The second-order valence-electron chi connectivity index (χ2n) is 13.9. The van der Waals surface area contributed by atoms with Crippen molar-refractivity contribution < 1.29 is 4.74 Å². The summed E-state index contributed by atoms with van der Waals surface area (Å²) in [5.41, 5.74) is 12.2. The van der Waals surface area contributed by atoms with Crippen molar-refractivity contribution in [1.82, 2.24) is 15.0 Å². The van der Waals surface area contributed by atoms with E-state index in [4.69, 9.17) is 19.7 Å². The highest BCUT2D eigenvalue weighted by Gasteiger charge is 2.45. The minimum Gasteiger partial charge on any atom is -0.485 e. The Kier molecular flexibility index (Phi) is 7.19. The van der Waals surface area contributed by atoms with Crippen LogP contribution in [0.15, 0.2) is 158 Å². The Morgan fingerprint density at radius 3 is 1.92 bits per heavy atom. The first-order valence-electron chi connectivity index (χ1n) is 17.9. The van der Waals surface area contributed by atoms with E-state index in [1.165, 1.54) is 38.9 Å². The lowest BCUT2D eigenvalue weighted by molar-refractivity contribution is 0.184. The van der Waals surface area contributed by atoms with Crippen LogP contribution in [0, 0.1) is 0 Å². The number of ether oxygens (including phenoxy) is 1. The maximum atomic E-state index is 6.99. The molecule has 51 heavy (non-hydrogen) atoms. The molecule has 4 atom stereocenters. The zero-order chi connectivity index (χ0) is 33.7. The van der Waals surface area contributed by atoms with Crippen LogP contribution in [0.2, 0.25) is 0 Å². The van der Waals surface area contributed by atoms with E-state index in [2.05, 4.69) is 103 Å². The average molecular weight is 658 g/mol. The third-order valence-corrected chi connectivity index (χ3v) is 10.9. The number of fused-ring (bicyclic) bond motifs is 6. The van der Waals surface area contributed by atoms with E-state index in [0.29, 0.717) is 23.4 Å². The molecule has 0 fully saturated rings. The Balaban J connectivity index is 1.06. The van der Waals surface area contributed by atoms with E-state index in [9.17, 15) is 0 Å². The molecule has 1 aromatic heterocycles. The quantitative estimate of drug-likeness (QED) is 0.185. The molecule has 7 aromatic rings. The van der Waals surface area contributed by atoms with Crippen molar-refractivity contribution in [2.75, 3.05) is 0 Å². The monoisotopic (exact) mass is 657 g/mol. The van der Waals surface area contributed by atoms with Gasteiger partial charge in [-0.15, -0.1) is 0 Å². The molecule has 0 saturated carbocycles. The van der Waals surface area contributed by atoms with Crippen LogP contribution in [0.25, 0.3) is 40.2 Å². The standard InChI is InChI=1S/C47H35N3O/c1-3-14-31(15-4-1)45-48-46(32-16-5-2-6-17-32)50-47(49-45)36-25-26-40-42(29-36)51-44-39-23-10-8-18-35(39)28-41(43(40)44)34-21-11-20-33(27-34)38-24-12-19-30-13-7-9-22-37(30)38/h1-23,25-27,29,38,41,43-44H,24,28H2. The summed E-state index contributed by atoms with van der Waals surface area (Å²) in [5, 5.41) is 0. The second kappa shape index (κ2) is 12.3. The fourth-order valence-corrected chi connectivity index (χ4v) is 8.49. The Morgan fingerprint density at radius 1 is 0.510 bits per heavy atom. The lowest BCUT2D eigenvalue weighted by Gasteiger charge is -2.35. The van der Waals surface area contributed by atoms with Crippen molar-refractivity contribution >= 4 is 6.08 Å². The van der Waals surface area contributed by atoms with Crippen molar-refractivity contribution in [3.8, 4) is 39.9 Å². The Morgan fingerprint density at radius 2 is 1.16 bits per heavy atom. The van der Waals surface area contributed by atoms with Gasteiger partial charge in [0, 0.05) is 34.1 Å². The Hall–Kier alpha value is -6.13. The van der Waals surface area contributed by atoms with Gasteiger partial charge in [0.1, 0.15) is 11.9 Å². The minimum atomic E-state index is -0.0645. The predicted octanol–water partition coefficient (Wildman–Crippen LogP) is 11.0. The van der Waals surface area contributed by atoms with Crippen molar-refractivity contribution in [1.29, 1.82) is 0 Å². The summed E-state index contributed by atoms with van der Waals surface area (Å²) in [7, 11) is 0. The SMILES string of the molecule is C1=Cc2ccccc2C(c2cccc(C3Cc4ccccc4C4Oc5cc(-c6nc(-c7ccccc7)nc(-c7ccccc7)n6)ccc5C34)c2)C1. The average Bonchev–Trinajstić information content (AvgIpc) is 3.60. The van der Waals surface area contributed by atoms with Gasteiger partial charge in [-0.3, -0.25) is 0 Å². The number of hydrogen-bond acceptors (Lipinski definition) is 4. The summed E-state index contributed by atoms with van der Waals surface area (Å²) in [4.78, 5) is 14.9. The van der Waals surface area contributed by atoms with Crippen LogP contribution in [0.1, 0.15) is 69.2 Å². The molecule has 2 heterocycles. The summed E-state index contributed by atoms with van der Waals surface area (Å²) in [5.74, 6) is 3.67. The molecule has 10 rings (SSSR count). The topological polar surface area (TPSA) is 47.9 Å². The fraction of sp³-hybridized carbons (Fsp3) is 0.128. The molecule has 3 aliphatic rings. The van der Waals surface area contributed by atoms with Gasteiger partial charge in [0.2, 0.25) is 0 Å². The van der Waals surface area contributed by atoms with Crippen LogP contribution in [0.5, 0.6) is 5.75 Å². The first-order chi connectivity index (χ1) is 25.3. The zero-order valence-corrected chi connectivity index (χ0v) is 28.1. The van der Waals surface area contributed by atoms with Gasteiger partial charge in [-0.1, -0.05) is 158 Å². The summed E-state index contributed by atoms with van der Waals surface area (Å²) >= 11 is 0. The smallest absolute Gasteiger partial charge is 0.164 e. The van der Waals surface area contributed by atoms with Crippen LogP contribution in [0.4, 0.5) is 0 Å². The maximum Gasteiger partial charge on any atom is 0.164 e. The predicted molar refractivity (Wildman–Crippen MR) is 204 cm³/mol. The zero-order valence-electron chi connectivity index (χ0n) is 28.1. The van der Waals surface area contributed by atoms with Gasteiger partial charge in [-0.2, -0.15) is 0 Å². The van der Waals surface area contributed by atoms with Crippen LogP contribution in [-0.2, 0) is 6.42 Å².